The van der Waals surface area contributed by atoms with Crippen molar-refractivity contribution in [2.24, 2.45) is 0 Å². The number of amides is 1. The first-order chi connectivity index (χ1) is 8.85. The van der Waals surface area contributed by atoms with Crippen molar-refractivity contribution in [3.8, 4) is 5.75 Å². The van der Waals surface area contributed by atoms with E-state index in [0.29, 0.717) is 0 Å². The highest BCUT2D eigenvalue weighted by Crippen LogP contribution is 2.36. The van der Waals surface area contributed by atoms with Crippen molar-refractivity contribution < 1.29 is 19.8 Å². The second-order valence-corrected chi connectivity index (χ2v) is 4.74. The topological polar surface area (TPSA) is 86.6 Å². The van der Waals surface area contributed by atoms with Crippen LogP contribution in [0.4, 0.5) is 0 Å². The minimum Gasteiger partial charge on any atom is -0.506 e. The number of nitrogens with one attached hydrogen (secondary N) is 1. The van der Waals surface area contributed by atoms with Gasteiger partial charge in [-0.05, 0) is 12.1 Å². The average Bonchev–Trinajstić information content (AvgIpc) is 2.32. The third-order valence-corrected chi connectivity index (χ3v) is 2.97. The molecule has 1 aromatic rings. The number of benzene rings is 1. The molecule has 104 valence electrons. The largest absolute Gasteiger partial charge is 0.506 e. The summed E-state index contributed by atoms with van der Waals surface area (Å²) in [4.78, 5) is 22.2. The summed E-state index contributed by atoms with van der Waals surface area (Å²) in [6.07, 6.45) is -0.179. The molecule has 1 amide bonds. The van der Waals surface area contributed by atoms with E-state index in [9.17, 15) is 14.7 Å². The Balaban J connectivity index is 3.16. The van der Waals surface area contributed by atoms with E-state index >= 15 is 0 Å². The number of carbonyl (C=O) groups excluding carboxylic acids is 1. The molecule has 1 rings (SSSR count). The van der Waals surface area contributed by atoms with Gasteiger partial charge in [-0.25, -0.2) is 0 Å². The van der Waals surface area contributed by atoms with Crippen LogP contribution in [-0.2, 0) is 9.59 Å². The zero-order valence-corrected chi connectivity index (χ0v) is 11.6. The molecule has 19 heavy (non-hydrogen) atoms. The number of phenolic OH excluding ortho intramolecular Hbond substituents is 1. The van der Waals surface area contributed by atoms with E-state index in [1.54, 1.807) is 6.92 Å². The molecule has 0 spiro atoms. The zero-order valence-electron chi connectivity index (χ0n) is 10.1. The van der Waals surface area contributed by atoms with Crippen LogP contribution in [0.2, 0.25) is 10.0 Å². The lowest BCUT2D eigenvalue weighted by molar-refractivity contribution is -0.137. The fourth-order valence-electron chi connectivity index (χ4n) is 1.56. The van der Waals surface area contributed by atoms with Gasteiger partial charge < -0.3 is 15.5 Å². The third-order valence-electron chi connectivity index (χ3n) is 2.47. The van der Waals surface area contributed by atoms with Crippen molar-refractivity contribution in [3.05, 3.63) is 27.7 Å². The Labute approximate surface area is 120 Å². The Hall–Kier alpha value is -1.46. The molecule has 3 N–H and O–H groups in total. The molecular formula is C12H13Cl2NO4. The van der Waals surface area contributed by atoms with Crippen LogP contribution < -0.4 is 5.32 Å². The lowest BCUT2D eigenvalue weighted by Crippen LogP contribution is -2.29. The molecule has 0 saturated carbocycles. The van der Waals surface area contributed by atoms with Crippen LogP contribution in [-0.4, -0.2) is 22.1 Å². The minimum atomic E-state index is -1.11. The fraction of sp³-hybridized carbons (Fsp3) is 0.333. The molecule has 0 saturated heterocycles. The van der Waals surface area contributed by atoms with E-state index in [1.165, 1.54) is 12.1 Å². The lowest BCUT2D eigenvalue weighted by atomic mass is 10.0. The van der Waals surface area contributed by atoms with Crippen molar-refractivity contribution in [3.63, 3.8) is 0 Å². The number of halogens is 2. The number of aromatic hydroxyl groups is 1. The van der Waals surface area contributed by atoms with Crippen LogP contribution in [0, 0.1) is 0 Å². The van der Waals surface area contributed by atoms with E-state index in [1.807, 2.05) is 0 Å². The Bertz CT molecular complexity index is 505. The van der Waals surface area contributed by atoms with Crippen LogP contribution in [0.5, 0.6) is 5.75 Å². The van der Waals surface area contributed by atoms with Gasteiger partial charge in [0.15, 0.2) is 0 Å². The molecule has 1 unspecified atom stereocenters. The summed E-state index contributed by atoms with van der Waals surface area (Å²) < 4.78 is 0. The highest BCUT2D eigenvalue weighted by atomic mass is 35.5. The fourth-order valence-corrected chi connectivity index (χ4v) is 2.07. The predicted octanol–water partition coefficient (Wildman–Crippen LogP) is 2.74. The minimum absolute atomic E-state index is 0.00337. The zero-order chi connectivity index (χ0) is 14.6. The van der Waals surface area contributed by atoms with Crippen LogP contribution in [0.15, 0.2) is 12.1 Å². The van der Waals surface area contributed by atoms with Crippen molar-refractivity contribution in [1.82, 2.24) is 5.32 Å². The molecule has 0 fully saturated rings. The summed E-state index contributed by atoms with van der Waals surface area (Å²) in [6, 6.07) is 1.83. The molecule has 7 heteroatoms. The molecule has 0 aliphatic rings. The number of hydrogen-bond donors (Lipinski definition) is 3. The molecule has 5 nitrogen and oxygen atoms in total. The normalized spacial score (nSPS) is 11.9. The van der Waals surface area contributed by atoms with E-state index in [2.05, 4.69) is 5.32 Å². The lowest BCUT2D eigenvalue weighted by Gasteiger charge is -2.19. The van der Waals surface area contributed by atoms with E-state index in [-0.39, 0.29) is 40.1 Å². The SMILES string of the molecule is CCC(=O)NC(CC(=O)O)c1cc(Cl)cc(Cl)c1O. The molecule has 0 bridgehead atoms. The first-order valence-electron chi connectivity index (χ1n) is 5.54. The number of carbonyl (C=O) groups is 2. The second kappa shape index (κ2) is 6.63. The van der Waals surface area contributed by atoms with Gasteiger partial charge in [0.2, 0.25) is 5.91 Å². The van der Waals surface area contributed by atoms with Gasteiger partial charge in [0.1, 0.15) is 5.75 Å². The third kappa shape index (κ3) is 4.29. The van der Waals surface area contributed by atoms with Gasteiger partial charge in [-0.3, -0.25) is 9.59 Å². The summed E-state index contributed by atoms with van der Waals surface area (Å²) in [5.74, 6) is -1.73. The summed E-state index contributed by atoms with van der Waals surface area (Å²) in [7, 11) is 0. The highest BCUT2D eigenvalue weighted by molar-refractivity contribution is 6.35. The van der Waals surface area contributed by atoms with Crippen LogP contribution >= 0.6 is 23.2 Å². The molecule has 0 aromatic heterocycles. The molecule has 1 atom stereocenters. The van der Waals surface area contributed by atoms with Gasteiger partial charge >= 0.3 is 5.97 Å². The summed E-state index contributed by atoms with van der Waals surface area (Å²) >= 11 is 11.6. The average molecular weight is 306 g/mol. The van der Waals surface area contributed by atoms with Crippen LogP contribution in [0.3, 0.4) is 0 Å². The summed E-state index contributed by atoms with van der Waals surface area (Å²) in [6.45, 7) is 1.64. The number of phenols is 1. The predicted molar refractivity (Wildman–Crippen MR) is 71.6 cm³/mol. The number of rotatable bonds is 5. The number of aliphatic carboxylic acids is 1. The van der Waals surface area contributed by atoms with Gasteiger partial charge in [-0.2, -0.15) is 0 Å². The number of carboxylic acids is 1. The quantitative estimate of drug-likeness (QED) is 0.780. The number of hydrogen-bond acceptors (Lipinski definition) is 3. The van der Waals surface area contributed by atoms with Crippen molar-refractivity contribution in [1.29, 1.82) is 0 Å². The summed E-state index contributed by atoms with van der Waals surface area (Å²) in [5.41, 5.74) is 0.182. The van der Waals surface area contributed by atoms with Gasteiger partial charge in [0.05, 0.1) is 17.5 Å². The molecule has 0 heterocycles. The van der Waals surface area contributed by atoms with Crippen molar-refractivity contribution >= 4 is 35.1 Å². The van der Waals surface area contributed by atoms with Crippen LogP contribution in [0.1, 0.15) is 31.4 Å². The maximum absolute atomic E-state index is 11.4. The van der Waals surface area contributed by atoms with Gasteiger partial charge in [0, 0.05) is 17.0 Å². The maximum atomic E-state index is 11.4. The Morgan fingerprint density at radius 3 is 2.53 bits per heavy atom. The van der Waals surface area contributed by atoms with Gasteiger partial charge in [0.25, 0.3) is 0 Å². The first-order valence-corrected chi connectivity index (χ1v) is 6.29. The van der Waals surface area contributed by atoms with Gasteiger partial charge in [-0.15, -0.1) is 0 Å². The molecule has 0 radical (unpaired) electrons. The molecule has 1 aromatic carbocycles. The Kier molecular flexibility index (Phi) is 5.44. The van der Waals surface area contributed by atoms with E-state index in [4.69, 9.17) is 28.3 Å². The Morgan fingerprint density at radius 2 is 2.00 bits per heavy atom. The smallest absolute Gasteiger partial charge is 0.305 e. The Morgan fingerprint density at radius 1 is 1.37 bits per heavy atom. The standard InChI is InChI=1S/C12H13Cl2NO4/c1-2-10(16)15-9(5-11(17)18)7-3-6(13)4-8(14)12(7)19/h3-4,9,19H,2,5H2,1H3,(H,15,16)(H,17,18). The van der Waals surface area contributed by atoms with E-state index in [0.717, 1.165) is 0 Å². The molecule has 0 aliphatic carbocycles. The van der Waals surface area contributed by atoms with Crippen molar-refractivity contribution in [2.75, 3.05) is 0 Å². The highest BCUT2D eigenvalue weighted by Gasteiger charge is 2.22. The second-order valence-electron chi connectivity index (χ2n) is 3.90. The van der Waals surface area contributed by atoms with Crippen LogP contribution in [0.25, 0.3) is 0 Å². The molecular weight excluding hydrogens is 293 g/mol. The monoisotopic (exact) mass is 305 g/mol. The van der Waals surface area contributed by atoms with Crippen molar-refractivity contribution in [2.45, 2.75) is 25.8 Å². The van der Waals surface area contributed by atoms with Gasteiger partial charge in [-0.1, -0.05) is 30.1 Å². The maximum Gasteiger partial charge on any atom is 0.305 e. The number of carboxylic acid groups (broad SMARTS) is 1. The summed E-state index contributed by atoms with van der Waals surface area (Å²) in [5, 5.41) is 21.5. The van der Waals surface area contributed by atoms with E-state index < -0.39 is 12.0 Å². The first kappa shape index (κ1) is 15.6. The molecule has 0 aliphatic heterocycles.